The van der Waals surface area contributed by atoms with E-state index in [9.17, 15) is 5.26 Å². The summed E-state index contributed by atoms with van der Waals surface area (Å²) in [5, 5.41) is 10.7. The standard InChI is InChI=1S/C28H33N2S/c29-20-25-15-6-7-16-26(25)22-31-27-19-24-14-8-9-17-28(24)30(21-27)18-10-2-5-13-23-11-3-1-4-12-23/h6-9,14-17,19,21,23H,1-5,10-13,18,22H2/q+1. The Bertz CT molecular complexity index is 1030. The third-order valence-corrected chi connectivity index (χ3v) is 7.61. The van der Waals surface area contributed by atoms with Gasteiger partial charge in [0.15, 0.2) is 6.20 Å². The van der Waals surface area contributed by atoms with Crippen LogP contribution in [0.15, 0.2) is 65.7 Å². The van der Waals surface area contributed by atoms with E-state index in [0.717, 1.165) is 29.3 Å². The molecular weight excluding hydrogens is 396 g/mol. The molecule has 2 aromatic carbocycles. The fraction of sp³-hybridized carbons (Fsp3) is 0.429. The third-order valence-electron chi connectivity index (χ3n) is 6.60. The molecule has 0 radical (unpaired) electrons. The fourth-order valence-corrected chi connectivity index (χ4v) is 5.82. The minimum atomic E-state index is 0.779. The highest BCUT2D eigenvalue weighted by Gasteiger charge is 2.14. The second kappa shape index (κ2) is 11.3. The molecule has 0 bridgehead atoms. The van der Waals surface area contributed by atoms with E-state index in [4.69, 9.17) is 0 Å². The van der Waals surface area contributed by atoms with Gasteiger partial charge in [-0.05, 0) is 36.1 Å². The molecule has 3 heteroatoms. The molecule has 1 aliphatic rings. The van der Waals surface area contributed by atoms with Gasteiger partial charge in [0.1, 0.15) is 6.54 Å². The summed E-state index contributed by atoms with van der Waals surface area (Å²) >= 11 is 1.82. The van der Waals surface area contributed by atoms with Gasteiger partial charge in [-0.1, -0.05) is 75.3 Å². The number of aromatic nitrogens is 1. The van der Waals surface area contributed by atoms with E-state index in [0.29, 0.717) is 0 Å². The number of nitrogens with zero attached hydrogens (tertiary/aromatic N) is 2. The molecule has 2 nitrogen and oxygen atoms in total. The molecule has 160 valence electrons. The molecule has 1 heterocycles. The first-order valence-corrected chi connectivity index (χ1v) is 12.8. The monoisotopic (exact) mass is 429 g/mol. The zero-order valence-electron chi connectivity index (χ0n) is 18.4. The first-order valence-electron chi connectivity index (χ1n) is 11.9. The van der Waals surface area contributed by atoms with Crippen LogP contribution in [-0.2, 0) is 12.3 Å². The lowest BCUT2D eigenvalue weighted by molar-refractivity contribution is -0.673. The number of para-hydroxylation sites is 1. The smallest absolute Gasteiger partial charge is 0.197 e. The van der Waals surface area contributed by atoms with E-state index in [1.54, 1.807) is 0 Å². The minimum absolute atomic E-state index is 0.779. The van der Waals surface area contributed by atoms with Gasteiger partial charge in [-0.25, -0.2) is 0 Å². The van der Waals surface area contributed by atoms with Gasteiger partial charge in [-0.15, -0.1) is 11.8 Å². The summed E-state index contributed by atoms with van der Waals surface area (Å²) in [5.41, 5.74) is 3.20. The number of thioether (sulfide) groups is 1. The van der Waals surface area contributed by atoms with Gasteiger partial charge in [0.05, 0.1) is 16.5 Å². The normalized spacial score (nSPS) is 14.5. The fourth-order valence-electron chi connectivity index (χ4n) is 4.83. The van der Waals surface area contributed by atoms with E-state index in [2.05, 4.69) is 53.2 Å². The molecule has 0 saturated heterocycles. The number of hydrogen-bond acceptors (Lipinski definition) is 2. The van der Waals surface area contributed by atoms with Crippen molar-refractivity contribution in [3.05, 3.63) is 71.9 Å². The summed E-state index contributed by atoms with van der Waals surface area (Å²) < 4.78 is 2.44. The van der Waals surface area contributed by atoms with Crippen molar-refractivity contribution in [3.8, 4) is 6.07 Å². The highest BCUT2D eigenvalue weighted by molar-refractivity contribution is 7.98. The molecule has 0 N–H and O–H groups in total. The number of fused-ring (bicyclic) bond motifs is 1. The zero-order chi connectivity index (χ0) is 21.3. The van der Waals surface area contributed by atoms with Crippen LogP contribution in [0.2, 0.25) is 0 Å². The predicted octanol–water partition coefficient (Wildman–Crippen LogP) is 7.43. The van der Waals surface area contributed by atoms with Crippen molar-refractivity contribution in [2.75, 3.05) is 0 Å². The minimum Gasteiger partial charge on any atom is -0.197 e. The average Bonchev–Trinajstić information content (AvgIpc) is 2.83. The third kappa shape index (κ3) is 6.11. The van der Waals surface area contributed by atoms with E-state index in [1.807, 2.05) is 30.0 Å². The number of benzene rings is 2. The molecule has 0 atom stereocenters. The van der Waals surface area contributed by atoms with Crippen LogP contribution in [0, 0.1) is 17.2 Å². The Morgan fingerprint density at radius 2 is 1.74 bits per heavy atom. The van der Waals surface area contributed by atoms with E-state index in [-0.39, 0.29) is 0 Å². The number of unbranched alkanes of at least 4 members (excludes halogenated alkanes) is 2. The van der Waals surface area contributed by atoms with E-state index < -0.39 is 0 Å². The van der Waals surface area contributed by atoms with E-state index >= 15 is 0 Å². The summed E-state index contributed by atoms with van der Waals surface area (Å²) in [6.45, 7) is 1.08. The van der Waals surface area contributed by atoms with Crippen LogP contribution in [-0.4, -0.2) is 0 Å². The van der Waals surface area contributed by atoms with Crippen molar-refractivity contribution in [3.63, 3.8) is 0 Å². The Kier molecular flexibility index (Phi) is 8.02. The summed E-state index contributed by atoms with van der Waals surface area (Å²) in [4.78, 5) is 1.27. The van der Waals surface area contributed by atoms with Crippen LogP contribution in [0.5, 0.6) is 0 Å². The second-order valence-electron chi connectivity index (χ2n) is 8.84. The van der Waals surface area contributed by atoms with Crippen LogP contribution < -0.4 is 4.57 Å². The number of rotatable bonds is 9. The van der Waals surface area contributed by atoms with Gasteiger partial charge in [-0.2, -0.15) is 9.83 Å². The molecule has 0 aliphatic heterocycles. The maximum Gasteiger partial charge on any atom is 0.212 e. The Morgan fingerprint density at radius 3 is 2.61 bits per heavy atom. The van der Waals surface area contributed by atoms with Crippen LogP contribution in [0.3, 0.4) is 0 Å². The van der Waals surface area contributed by atoms with Crippen molar-refractivity contribution in [2.45, 2.75) is 75.0 Å². The van der Waals surface area contributed by atoms with Crippen molar-refractivity contribution >= 4 is 22.7 Å². The lowest BCUT2D eigenvalue weighted by Crippen LogP contribution is -2.34. The number of pyridine rings is 1. The first-order chi connectivity index (χ1) is 15.3. The highest BCUT2D eigenvalue weighted by atomic mass is 32.2. The summed E-state index contributed by atoms with van der Waals surface area (Å²) in [6, 6.07) is 21.2. The predicted molar refractivity (Wildman–Crippen MR) is 130 cm³/mol. The maximum absolute atomic E-state index is 9.36. The molecule has 3 aromatic rings. The number of nitriles is 1. The molecule has 0 unspecified atom stereocenters. The van der Waals surface area contributed by atoms with Crippen molar-refractivity contribution in [1.29, 1.82) is 5.26 Å². The molecule has 1 fully saturated rings. The quantitative estimate of drug-likeness (QED) is 0.201. The van der Waals surface area contributed by atoms with Crippen molar-refractivity contribution in [1.82, 2.24) is 0 Å². The molecule has 0 spiro atoms. The van der Waals surface area contributed by atoms with E-state index in [1.165, 1.54) is 73.6 Å². The van der Waals surface area contributed by atoms with Crippen LogP contribution in [0.25, 0.3) is 10.9 Å². The lowest BCUT2D eigenvalue weighted by Gasteiger charge is -2.21. The van der Waals surface area contributed by atoms with Gasteiger partial charge >= 0.3 is 0 Å². The Morgan fingerprint density at radius 1 is 0.935 bits per heavy atom. The molecule has 1 aromatic heterocycles. The van der Waals surface area contributed by atoms with Crippen molar-refractivity contribution < 1.29 is 4.57 Å². The average molecular weight is 430 g/mol. The topological polar surface area (TPSA) is 27.7 Å². The molecule has 4 rings (SSSR count). The molecule has 1 saturated carbocycles. The van der Waals surface area contributed by atoms with Gasteiger partial charge in [0.25, 0.3) is 0 Å². The summed E-state index contributed by atoms with van der Waals surface area (Å²) in [5.74, 6) is 1.82. The summed E-state index contributed by atoms with van der Waals surface area (Å²) in [7, 11) is 0. The Hall–Kier alpha value is -2.31. The van der Waals surface area contributed by atoms with Crippen LogP contribution in [0.1, 0.15) is 68.9 Å². The lowest BCUT2D eigenvalue weighted by atomic mass is 9.85. The Labute approximate surface area is 191 Å². The second-order valence-corrected chi connectivity index (χ2v) is 9.89. The molecule has 1 aliphatic carbocycles. The van der Waals surface area contributed by atoms with Crippen LogP contribution >= 0.6 is 11.8 Å². The van der Waals surface area contributed by atoms with Crippen molar-refractivity contribution in [2.24, 2.45) is 5.92 Å². The van der Waals surface area contributed by atoms with Gasteiger partial charge < -0.3 is 0 Å². The largest absolute Gasteiger partial charge is 0.212 e. The first kappa shape index (κ1) is 21.9. The SMILES string of the molecule is N#Cc1ccccc1CSc1cc2ccccc2[n+](CCCCCC2CCCCC2)c1. The van der Waals surface area contributed by atoms with Gasteiger partial charge in [0, 0.05) is 23.6 Å². The highest BCUT2D eigenvalue weighted by Crippen LogP contribution is 2.28. The van der Waals surface area contributed by atoms with Gasteiger partial charge in [-0.3, -0.25) is 0 Å². The molecule has 31 heavy (non-hydrogen) atoms. The van der Waals surface area contributed by atoms with Crippen LogP contribution in [0.4, 0.5) is 0 Å². The number of hydrogen-bond donors (Lipinski definition) is 0. The van der Waals surface area contributed by atoms with Gasteiger partial charge in [0.2, 0.25) is 5.52 Å². The zero-order valence-corrected chi connectivity index (χ0v) is 19.2. The Balaban J connectivity index is 1.38. The number of aryl methyl sites for hydroxylation is 1. The molecular formula is C28H33N2S+. The molecule has 0 amide bonds. The maximum atomic E-state index is 9.36. The summed E-state index contributed by atoms with van der Waals surface area (Å²) in [6.07, 6.45) is 15.0.